The van der Waals surface area contributed by atoms with Crippen molar-refractivity contribution < 1.29 is 180 Å². The van der Waals surface area contributed by atoms with Gasteiger partial charge in [0.05, 0.1) is 44.2 Å². The number of aliphatic hydroxyl groups is 8. The first-order valence-corrected chi connectivity index (χ1v) is 44.3. The Balaban J connectivity index is 1.50. The minimum Gasteiger partial charge on any atom is -0.508 e. The highest BCUT2D eigenvalue weighted by Crippen LogP contribution is 2.34. The fraction of sp³-hybridized carbons (Fsp3) is 0.655. The van der Waals surface area contributed by atoms with Crippen LogP contribution in [0.4, 0.5) is 0 Å². The van der Waals surface area contributed by atoms with Crippen molar-refractivity contribution >= 4 is 94.8 Å². The molecule has 0 bridgehead atoms. The van der Waals surface area contributed by atoms with Crippen molar-refractivity contribution in [1.82, 2.24) is 52.8 Å². The molecule has 2 aromatic carbocycles. The predicted molar refractivity (Wildman–Crippen MR) is 461 cm³/mol. The lowest BCUT2D eigenvalue weighted by Gasteiger charge is -2.46. The van der Waals surface area contributed by atoms with E-state index in [0.717, 1.165) is 126 Å². The van der Waals surface area contributed by atoms with Gasteiger partial charge in [0.1, 0.15) is 121 Å². The zero-order valence-corrected chi connectivity index (χ0v) is 77.0. The standard InChI is InChI=1S/C87H129N11O37/c1-13-15-16-17-18-19-20-21-22-23-58(132-86-71(115)72(57(109)38-126-86)135-85-66(90-44(7)102)70(114)68(112)59(37-99)133-85)69(113)83(123)96-64(41(4)101)80(120)97-65-42(5)127-84(124)56(35-50-26-30-52(108)31-27-50)94-82(122)67(43(6)128-87-75(131-48(11)106)74(130-47(10)105)73(129-46(9)104)60(134-87)39-125-45(8)103)98(12)62(111)36-89-76(116)54(32-33-61(88)110)92-77(117)53(14-2)91-78(118)55(34-49-24-28-51(107)29-25-49)93-79(119)63(40(3)100)95-81(65)121/h14,24-31,40-43,54-60,63-75,85-87,99-101,107-109,112-115H,13,15-23,32-39H2,1-12H3,(H2,88,110)(H,89,116)(H,90,102)(H,91,118)(H,92,117)(H,93,119)(H,94,122)(H,95,121)(H,96,123)(H,97,120)/b53-14-/t40-,41?,42+,43?,54+,55+,56-,57+,58?,59-,60-,63-,64?,65-,66-,67?,68-,69?,70-,71-,72+,73-,74+,75+,85+,86-,87+/m0/s1. The molecule has 6 rings (SSSR count). The van der Waals surface area contributed by atoms with Crippen LogP contribution in [0.2, 0.25) is 0 Å². The molecule has 48 heteroatoms. The van der Waals surface area contributed by atoms with E-state index in [2.05, 4.69) is 54.8 Å². The Morgan fingerprint density at radius 3 is 1.73 bits per heavy atom. The molecular formula is C87H129N11O37. The van der Waals surface area contributed by atoms with Crippen LogP contribution in [0.5, 0.6) is 11.5 Å². The van der Waals surface area contributed by atoms with Crippen LogP contribution >= 0.6 is 0 Å². The number of allylic oxidation sites excluding steroid dienone is 1. The van der Waals surface area contributed by atoms with Gasteiger partial charge in [-0.1, -0.05) is 95.1 Å². The Morgan fingerprint density at radius 1 is 0.615 bits per heavy atom. The van der Waals surface area contributed by atoms with Crippen LogP contribution in [0.1, 0.15) is 164 Å². The van der Waals surface area contributed by atoms with Crippen LogP contribution in [0.15, 0.2) is 60.3 Å². The smallest absolute Gasteiger partial charge is 0.329 e. The van der Waals surface area contributed by atoms with E-state index in [1.807, 2.05) is 0 Å². The van der Waals surface area contributed by atoms with Gasteiger partial charge >= 0.3 is 29.8 Å². The van der Waals surface area contributed by atoms with Crippen molar-refractivity contribution in [3.63, 3.8) is 0 Å². The predicted octanol–water partition coefficient (Wildman–Crippen LogP) is -5.71. The van der Waals surface area contributed by atoms with E-state index in [-0.39, 0.29) is 35.5 Å². The minimum atomic E-state index is -2.47. The lowest BCUT2D eigenvalue weighted by Crippen LogP contribution is -2.67. The van der Waals surface area contributed by atoms with E-state index in [1.54, 1.807) is 0 Å². The summed E-state index contributed by atoms with van der Waals surface area (Å²) in [6, 6.07) is -6.78. The summed E-state index contributed by atoms with van der Waals surface area (Å²) in [6.07, 6.45) is -31.2. The molecule has 754 valence electrons. The normalized spacial score (nSPS) is 28.9. The molecule has 48 nitrogen and oxygen atoms in total. The average Bonchev–Trinajstić information content (AvgIpc) is 0.781. The largest absolute Gasteiger partial charge is 0.508 e. The first-order chi connectivity index (χ1) is 63.7. The number of aromatic hydroxyl groups is 2. The number of hydrogen-bond donors (Lipinski definition) is 20. The lowest BCUT2D eigenvalue weighted by molar-refractivity contribution is -0.339. The lowest BCUT2D eigenvalue weighted by atomic mass is 9.96. The topological polar surface area (TPSA) is 714 Å². The number of nitrogens with zero attached hydrogens (tertiary/aromatic N) is 1. The quantitative estimate of drug-likeness (QED) is 0.0129. The zero-order chi connectivity index (χ0) is 101. The molecule has 0 radical (unpaired) electrons. The number of benzene rings is 2. The Morgan fingerprint density at radius 2 is 1.18 bits per heavy atom. The second-order valence-electron chi connectivity index (χ2n) is 33.3. The average molecular weight is 1920 g/mol. The number of amides is 11. The van der Waals surface area contributed by atoms with Crippen molar-refractivity contribution in [2.24, 2.45) is 5.73 Å². The summed E-state index contributed by atoms with van der Waals surface area (Å²) in [5.41, 5.74) is 5.14. The van der Waals surface area contributed by atoms with E-state index in [1.165, 1.54) is 43.3 Å². The molecule has 2 aromatic rings. The molecule has 4 heterocycles. The maximum absolute atomic E-state index is 15.8. The van der Waals surface area contributed by atoms with Gasteiger partial charge < -0.3 is 162 Å². The Hall–Kier alpha value is -11.3. The van der Waals surface area contributed by atoms with Crippen LogP contribution in [0.3, 0.4) is 0 Å². The number of rotatable bonds is 38. The number of aliphatic hydroxyl groups excluding tert-OH is 8. The minimum absolute atomic E-state index is 0.0874. The molecule has 27 atom stereocenters. The number of carbonyl (C=O) groups is 16. The van der Waals surface area contributed by atoms with Crippen molar-refractivity contribution in [2.75, 3.05) is 33.4 Å². The fourth-order valence-electron chi connectivity index (χ4n) is 15.1. The number of phenols is 2. The Kier molecular flexibility index (Phi) is 45.4. The van der Waals surface area contributed by atoms with Crippen LogP contribution in [0, 0.1) is 0 Å². The SMILES string of the molecule is C/C=C1\NC(=O)[C@@H](Cc2ccc(O)cc2)NC(=O)[C@H]([C@H](C)O)NC(=O)[C@@H](NC(=O)C(NC(=O)C(O)C(CCCCCCCCCCC)O[C@@H]2OC[C@@H](O)[C@@H](O[C@H]3O[C@@H](CO)[C@H](O)[C@@H](O)[C@@H]3NC(C)=O)[C@@H]2O)C(C)O)[C@@H](C)OC(=O)[C@H](Cc2ccc(O)cc2)NC(=O)C(C(C)O[C@@H]2O[C@@H](COC(C)=O)[C@H](OC(C)=O)[C@@H](OC(C)=O)[C@H]2OC(C)=O)N(C)C(=O)CNC(=O)[C@@H](CCC(N)=O)NC1=O. The summed E-state index contributed by atoms with van der Waals surface area (Å²) in [7, 11) is 0.964. The third-order valence-electron chi connectivity index (χ3n) is 22.3. The van der Waals surface area contributed by atoms with Crippen LogP contribution in [-0.2, 0) is 142 Å². The third-order valence-corrected chi connectivity index (χ3v) is 22.3. The van der Waals surface area contributed by atoms with Gasteiger partial charge in [0.25, 0.3) is 11.8 Å². The molecule has 21 N–H and O–H groups in total. The fourth-order valence-corrected chi connectivity index (χ4v) is 15.1. The summed E-state index contributed by atoms with van der Waals surface area (Å²) in [5, 5.41) is 132. The van der Waals surface area contributed by atoms with E-state index >= 15 is 19.2 Å². The molecule has 4 aliphatic rings. The molecular weight excluding hydrogens is 1790 g/mol. The number of hydrogen-bond acceptors (Lipinski definition) is 37. The summed E-state index contributed by atoms with van der Waals surface area (Å²) in [5.74, 6) is -20.5. The van der Waals surface area contributed by atoms with Crippen molar-refractivity contribution in [2.45, 2.75) is 331 Å². The number of ether oxygens (including phenoxy) is 11. The Bertz CT molecular complexity index is 4380. The number of esters is 5. The number of cyclic esters (lactones) is 1. The number of nitrogens with one attached hydrogen (secondary N) is 9. The highest BCUT2D eigenvalue weighted by Gasteiger charge is 2.56. The van der Waals surface area contributed by atoms with E-state index in [9.17, 15) is 109 Å². The van der Waals surface area contributed by atoms with E-state index in [4.69, 9.17) is 57.8 Å². The number of carbonyl (C=O) groups excluding carboxylic acids is 16. The highest BCUT2D eigenvalue weighted by atomic mass is 16.8. The van der Waals surface area contributed by atoms with Gasteiger partial charge in [-0.05, 0) is 82.9 Å². The maximum Gasteiger partial charge on any atom is 0.329 e. The second-order valence-corrected chi connectivity index (χ2v) is 33.3. The molecule has 6 unspecified atom stereocenters. The molecule has 135 heavy (non-hydrogen) atoms. The number of phenolic OH excluding ortho intramolecular Hbond substituents is 2. The summed E-state index contributed by atoms with van der Waals surface area (Å²) in [6.45, 7) is 8.56. The van der Waals surface area contributed by atoms with Gasteiger partial charge in [-0.2, -0.15) is 0 Å². The number of unbranched alkanes of at least 4 members (excludes halogenated alkanes) is 8. The summed E-state index contributed by atoms with van der Waals surface area (Å²) < 4.78 is 64.0. The summed E-state index contributed by atoms with van der Waals surface area (Å²) in [4.78, 5) is 227. The van der Waals surface area contributed by atoms with Crippen molar-refractivity contribution in [1.29, 1.82) is 0 Å². The number of nitrogens with two attached hydrogens (primary N) is 1. The highest BCUT2D eigenvalue weighted by molar-refractivity contribution is 6.03. The van der Waals surface area contributed by atoms with Gasteiger partial charge in [0, 0.05) is 60.9 Å². The van der Waals surface area contributed by atoms with Gasteiger partial charge in [0.2, 0.25) is 53.2 Å². The second kappa shape index (κ2) is 54.5. The van der Waals surface area contributed by atoms with Gasteiger partial charge in [-0.3, -0.25) is 71.9 Å². The van der Waals surface area contributed by atoms with E-state index in [0.29, 0.717) is 17.7 Å². The van der Waals surface area contributed by atoms with Crippen LogP contribution < -0.4 is 53.6 Å². The number of primary amides is 1. The molecule has 4 aliphatic heterocycles. The monoisotopic (exact) mass is 1920 g/mol. The molecule has 11 amide bonds. The molecule has 0 spiro atoms. The first-order valence-electron chi connectivity index (χ1n) is 44.3. The summed E-state index contributed by atoms with van der Waals surface area (Å²) >= 11 is 0. The molecule has 4 fully saturated rings. The van der Waals surface area contributed by atoms with Crippen molar-refractivity contribution in [3.8, 4) is 11.5 Å². The van der Waals surface area contributed by atoms with Crippen molar-refractivity contribution in [3.05, 3.63) is 71.4 Å². The van der Waals surface area contributed by atoms with Gasteiger partial charge in [0.15, 0.2) is 43.3 Å². The molecule has 0 saturated carbocycles. The van der Waals surface area contributed by atoms with Gasteiger partial charge in [-0.25, -0.2) is 4.79 Å². The maximum atomic E-state index is 15.8. The number of likely N-dealkylation sites (N-methyl/N-ethyl adjacent to an activating group) is 1. The molecule has 0 aliphatic carbocycles. The first kappa shape index (κ1) is 112. The molecule has 0 aromatic heterocycles. The zero-order valence-electron chi connectivity index (χ0n) is 77.0. The van der Waals surface area contributed by atoms with Gasteiger partial charge in [-0.15, -0.1) is 0 Å². The third kappa shape index (κ3) is 34.5. The van der Waals surface area contributed by atoms with E-state index < -0.39 is 317 Å². The molecule has 4 saturated heterocycles. The van der Waals surface area contributed by atoms with Crippen LogP contribution in [0.25, 0.3) is 0 Å². The Labute approximate surface area is 777 Å². The van der Waals surface area contributed by atoms with Crippen LogP contribution in [-0.4, -0.2) is 349 Å².